The molecule has 118 valence electrons. The largest absolute Gasteiger partial charge is 0.478 e. The smallest absolute Gasteiger partial charge is 0.328 e. The topological polar surface area (TPSA) is 114 Å². The summed E-state index contributed by atoms with van der Waals surface area (Å²) in [5, 5.41) is 16.4. The van der Waals surface area contributed by atoms with Crippen LogP contribution < -0.4 is 5.73 Å². The number of halogens is 1. The van der Waals surface area contributed by atoms with E-state index >= 15 is 0 Å². The number of carboxylic acid groups (broad SMARTS) is 2. The summed E-state index contributed by atoms with van der Waals surface area (Å²) in [5.41, 5.74) is 7.01. The molecule has 7 heteroatoms. The van der Waals surface area contributed by atoms with Crippen molar-refractivity contribution in [1.82, 2.24) is 0 Å². The van der Waals surface area contributed by atoms with E-state index in [1.165, 1.54) is 6.07 Å². The lowest BCUT2D eigenvalue weighted by molar-refractivity contribution is -0.134. The predicted molar refractivity (Wildman–Crippen MR) is 77.9 cm³/mol. The lowest BCUT2D eigenvalue weighted by Crippen LogP contribution is -2.18. The van der Waals surface area contributed by atoms with Crippen LogP contribution in [0.4, 0.5) is 4.39 Å². The van der Waals surface area contributed by atoms with E-state index in [0.717, 1.165) is 5.39 Å². The van der Waals surface area contributed by atoms with Gasteiger partial charge in [0.05, 0.1) is 6.26 Å². The summed E-state index contributed by atoms with van der Waals surface area (Å²) >= 11 is 0. The van der Waals surface area contributed by atoms with Crippen molar-refractivity contribution in [2.75, 3.05) is 0 Å². The van der Waals surface area contributed by atoms with Crippen molar-refractivity contribution in [3.63, 3.8) is 0 Å². The van der Waals surface area contributed by atoms with Gasteiger partial charge in [-0.05, 0) is 31.5 Å². The maximum Gasteiger partial charge on any atom is 0.328 e. The lowest BCUT2D eigenvalue weighted by Gasteiger charge is -2.07. The van der Waals surface area contributed by atoms with Crippen LogP contribution in [-0.4, -0.2) is 28.2 Å². The molecular weight excluding hydrogens is 293 g/mol. The molecule has 0 aliphatic carbocycles. The van der Waals surface area contributed by atoms with E-state index in [1.807, 2.05) is 6.92 Å². The van der Waals surface area contributed by atoms with Gasteiger partial charge in [-0.1, -0.05) is 0 Å². The van der Waals surface area contributed by atoms with Gasteiger partial charge in [0.2, 0.25) is 0 Å². The van der Waals surface area contributed by atoms with Gasteiger partial charge in [0.15, 0.2) is 0 Å². The monoisotopic (exact) mass is 309 g/mol. The van der Waals surface area contributed by atoms with Crippen molar-refractivity contribution in [3.05, 3.63) is 48.0 Å². The molecule has 1 atom stereocenters. The highest BCUT2D eigenvalue weighted by Crippen LogP contribution is 2.23. The van der Waals surface area contributed by atoms with Gasteiger partial charge in [0.1, 0.15) is 11.4 Å². The number of aliphatic carboxylic acids is 2. The van der Waals surface area contributed by atoms with Crippen LogP contribution in [0.3, 0.4) is 0 Å². The molecule has 4 N–H and O–H groups in total. The molecule has 0 spiro atoms. The summed E-state index contributed by atoms with van der Waals surface area (Å²) in [4.78, 5) is 19.1. The second-order valence-corrected chi connectivity index (χ2v) is 4.55. The molecule has 1 heterocycles. The van der Waals surface area contributed by atoms with Gasteiger partial charge in [0.25, 0.3) is 0 Å². The Bertz CT molecular complexity index is 674. The lowest BCUT2D eigenvalue weighted by atomic mass is 10.0. The summed E-state index contributed by atoms with van der Waals surface area (Å²) in [6, 6.07) is 4.78. The summed E-state index contributed by atoms with van der Waals surface area (Å²) in [6.45, 7) is 1.86. The van der Waals surface area contributed by atoms with Crippen LogP contribution in [0.1, 0.15) is 12.5 Å². The molecule has 0 radical (unpaired) electrons. The van der Waals surface area contributed by atoms with Crippen LogP contribution in [-0.2, 0) is 16.0 Å². The number of carbonyl (C=O) groups is 2. The van der Waals surface area contributed by atoms with Crippen LogP contribution >= 0.6 is 0 Å². The molecule has 2 rings (SSSR count). The fourth-order valence-corrected chi connectivity index (χ4v) is 1.75. The van der Waals surface area contributed by atoms with Crippen molar-refractivity contribution in [1.29, 1.82) is 0 Å². The van der Waals surface area contributed by atoms with Gasteiger partial charge in [-0.25, -0.2) is 14.0 Å². The molecular formula is C15H16FNO5. The Kier molecular flexibility index (Phi) is 6.27. The molecule has 0 saturated carbocycles. The fourth-order valence-electron chi connectivity index (χ4n) is 1.75. The van der Waals surface area contributed by atoms with Gasteiger partial charge >= 0.3 is 11.9 Å². The third kappa shape index (κ3) is 5.37. The van der Waals surface area contributed by atoms with Crippen LogP contribution in [0, 0.1) is 5.82 Å². The average molecular weight is 309 g/mol. The Morgan fingerprint density at radius 1 is 1.27 bits per heavy atom. The third-order valence-corrected chi connectivity index (χ3v) is 2.58. The normalized spacial score (nSPS) is 12.0. The van der Waals surface area contributed by atoms with E-state index in [2.05, 4.69) is 0 Å². The number of hydrogen-bond donors (Lipinski definition) is 3. The van der Waals surface area contributed by atoms with E-state index < -0.39 is 11.9 Å². The minimum absolute atomic E-state index is 0.0509. The van der Waals surface area contributed by atoms with E-state index in [4.69, 9.17) is 20.4 Å². The number of carboxylic acids is 2. The second kappa shape index (κ2) is 7.94. The van der Waals surface area contributed by atoms with Crippen LogP contribution in [0.25, 0.3) is 11.0 Å². The zero-order valence-electron chi connectivity index (χ0n) is 11.8. The molecule has 2 aromatic rings. The second-order valence-electron chi connectivity index (χ2n) is 4.55. The summed E-state index contributed by atoms with van der Waals surface area (Å²) in [6.07, 6.45) is 3.21. The summed E-state index contributed by atoms with van der Waals surface area (Å²) in [7, 11) is 0. The number of nitrogens with two attached hydrogens (primary N) is 1. The first-order valence-corrected chi connectivity index (χ1v) is 6.35. The van der Waals surface area contributed by atoms with Crippen molar-refractivity contribution in [2.24, 2.45) is 5.73 Å². The molecule has 0 aliphatic rings. The van der Waals surface area contributed by atoms with Crippen LogP contribution in [0.2, 0.25) is 0 Å². The fraction of sp³-hybridized carbons (Fsp3) is 0.200. The van der Waals surface area contributed by atoms with E-state index in [1.54, 1.807) is 18.4 Å². The third-order valence-electron chi connectivity index (χ3n) is 2.58. The molecule has 0 fully saturated rings. The quantitative estimate of drug-likeness (QED) is 0.746. The number of fused-ring (bicyclic) bond motifs is 1. The standard InChI is InChI=1S/C11H12FNO.C4H4O4/c1-7(13)6-9-8-4-5-14-11(8)3-2-10(9)12;5-3(6)1-2-4(7)8/h2-5,7H,6,13H2,1H3;1-2H,(H,5,6)(H,7,8)/b;2-1+. The highest BCUT2D eigenvalue weighted by atomic mass is 19.1. The minimum Gasteiger partial charge on any atom is -0.478 e. The van der Waals surface area contributed by atoms with Crippen molar-refractivity contribution in [3.8, 4) is 0 Å². The first kappa shape index (κ1) is 17.4. The Balaban J connectivity index is 0.000000261. The Morgan fingerprint density at radius 2 is 1.86 bits per heavy atom. The first-order valence-electron chi connectivity index (χ1n) is 6.35. The molecule has 0 bridgehead atoms. The van der Waals surface area contributed by atoms with Gasteiger partial charge in [-0.15, -0.1) is 0 Å². The Labute approximate surface area is 125 Å². The van der Waals surface area contributed by atoms with Crippen molar-refractivity contribution >= 4 is 22.9 Å². The number of benzene rings is 1. The van der Waals surface area contributed by atoms with Crippen LogP contribution in [0.5, 0.6) is 0 Å². The number of rotatable bonds is 4. The molecule has 6 nitrogen and oxygen atoms in total. The summed E-state index contributed by atoms with van der Waals surface area (Å²) in [5.74, 6) is -2.73. The predicted octanol–water partition coefficient (Wildman–Crippen LogP) is 2.17. The Hall–Kier alpha value is -2.67. The zero-order valence-corrected chi connectivity index (χ0v) is 11.8. The molecule has 1 aromatic carbocycles. The maximum absolute atomic E-state index is 13.5. The molecule has 1 unspecified atom stereocenters. The number of furan rings is 1. The molecule has 1 aromatic heterocycles. The van der Waals surface area contributed by atoms with Crippen molar-refractivity contribution in [2.45, 2.75) is 19.4 Å². The SMILES string of the molecule is CC(N)Cc1c(F)ccc2occc12.O=C(O)/C=C/C(=O)O. The van der Waals surface area contributed by atoms with Gasteiger partial charge in [-0.2, -0.15) is 0 Å². The average Bonchev–Trinajstić information content (AvgIpc) is 2.89. The summed E-state index contributed by atoms with van der Waals surface area (Å²) < 4.78 is 18.6. The maximum atomic E-state index is 13.5. The minimum atomic E-state index is -1.26. The van der Waals surface area contributed by atoms with Crippen LogP contribution in [0.15, 0.2) is 41.0 Å². The first-order chi connectivity index (χ1) is 10.3. The number of hydrogen-bond acceptors (Lipinski definition) is 4. The van der Waals surface area contributed by atoms with E-state index in [0.29, 0.717) is 29.7 Å². The molecule has 0 aliphatic heterocycles. The van der Waals surface area contributed by atoms with E-state index in [9.17, 15) is 14.0 Å². The van der Waals surface area contributed by atoms with Crippen molar-refractivity contribution < 1.29 is 28.6 Å². The molecule has 0 saturated heterocycles. The molecule has 22 heavy (non-hydrogen) atoms. The molecule has 0 amide bonds. The highest BCUT2D eigenvalue weighted by Gasteiger charge is 2.10. The van der Waals surface area contributed by atoms with Gasteiger partial charge < -0.3 is 20.4 Å². The Morgan fingerprint density at radius 3 is 2.36 bits per heavy atom. The van der Waals surface area contributed by atoms with E-state index in [-0.39, 0.29) is 11.9 Å². The highest BCUT2D eigenvalue weighted by molar-refractivity contribution is 5.89. The van der Waals surface area contributed by atoms with Gasteiger partial charge in [0, 0.05) is 29.1 Å². The van der Waals surface area contributed by atoms with Gasteiger partial charge in [-0.3, -0.25) is 0 Å². The zero-order chi connectivity index (χ0) is 16.7.